The molecule has 3 heterocycles. The summed E-state index contributed by atoms with van der Waals surface area (Å²) in [5.41, 5.74) is 3.33. The Morgan fingerprint density at radius 1 is 1.10 bits per heavy atom. The molecule has 3 aromatic rings. The van der Waals surface area contributed by atoms with Crippen LogP contribution in [0.15, 0.2) is 42.6 Å². The van der Waals surface area contributed by atoms with E-state index in [0.717, 1.165) is 40.8 Å². The molecule has 0 radical (unpaired) electrons. The van der Waals surface area contributed by atoms with E-state index in [0.29, 0.717) is 24.5 Å². The van der Waals surface area contributed by atoms with Crippen LogP contribution < -0.4 is 9.47 Å². The third-order valence-corrected chi connectivity index (χ3v) is 5.35. The summed E-state index contributed by atoms with van der Waals surface area (Å²) in [6, 6.07) is 11.5. The molecule has 2 aromatic heterocycles. The minimum Gasteiger partial charge on any atom is -0.497 e. The second-order valence-corrected chi connectivity index (χ2v) is 7.46. The average Bonchev–Trinajstić information content (AvgIpc) is 2.74. The summed E-state index contributed by atoms with van der Waals surface area (Å²) in [6.07, 6.45) is 3.47. The number of aryl methyl sites for hydroxylation is 2. The fraction of sp³-hybridized carbons (Fsp3) is 0.348. The van der Waals surface area contributed by atoms with Gasteiger partial charge < -0.3 is 14.4 Å². The van der Waals surface area contributed by atoms with Crippen molar-refractivity contribution in [3.05, 3.63) is 59.4 Å². The SMILES string of the molecule is COc1ccc2cc(C(=O)N3CCC(Oc4ccc(C)cn4)CC3)c(C)nc2c1. The lowest BCUT2D eigenvalue weighted by atomic mass is 10.0. The topological polar surface area (TPSA) is 64.5 Å². The van der Waals surface area contributed by atoms with E-state index in [1.54, 1.807) is 13.3 Å². The first kappa shape index (κ1) is 19.2. The molecule has 1 aliphatic rings. The monoisotopic (exact) mass is 391 g/mol. The Morgan fingerprint density at radius 3 is 2.59 bits per heavy atom. The predicted octanol–water partition coefficient (Wildman–Crippen LogP) is 3.94. The zero-order valence-electron chi connectivity index (χ0n) is 17.0. The molecular formula is C23H25N3O3. The highest BCUT2D eigenvalue weighted by Crippen LogP contribution is 2.24. The van der Waals surface area contributed by atoms with Crippen LogP contribution in [0.3, 0.4) is 0 Å². The molecular weight excluding hydrogens is 366 g/mol. The largest absolute Gasteiger partial charge is 0.497 e. The number of hydrogen-bond donors (Lipinski definition) is 0. The smallest absolute Gasteiger partial charge is 0.255 e. The molecule has 0 unspecified atom stereocenters. The average molecular weight is 391 g/mol. The number of aromatic nitrogens is 2. The number of pyridine rings is 2. The lowest BCUT2D eigenvalue weighted by Gasteiger charge is -2.32. The van der Waals surface area contributed by atoms with Crippen LogP contribution in [-0.4, -0.2) is 47.1 Å². The number of nitrogens with zero attached hydrogens (tertiary/aromatic N) is 3. The third-order valence-electron chi connectivity index (χ3n) is 5.35. The van der Waals surface area contributed by atoms with Gasteiger partial charge in [0.1, 0.15) is 11.9 Å². The molecule has 0 bridgehead atoms. The maximum absolute atomic E-state index is 13.1. The zero-order valence-corrected chi connectivity index (χ0v) is 17.0. The zero-order chi connectivity index (χ0) is 20.4. The van der Waals surface area contributed by atoms with E-state index in [2.05, 4.69) is 9.97 Å². The second-order valence-electron chi connectivity index (χ2n) is 7.46. The summed E-state index contributed by atoms with van der Waals surface area (Å²) < 4.78 is 11.2. The van der Waals surface area contributed by atoms with Crippen LogP contribution in [0.5, 0.6) is 11.6 Å². The van der Waals surface area contributed by atoms with Crippen molar-refractivity contribution in [2.75, 3.05) is 20.2 Å². The highest BCUT2D eigenvalue weighted by Gasteiger charge is 2.26. The molecule has 1 aliphatic heterocycles. The van der Waals surface area contributed by atoms with Gasteiger partial charge in [0, 0.05) is 49.6 Å². The van der Waals surface area contributed by atoms with Crippen molar-refractivity contribution in [2.45, 2.75) is 32.8 Å². The number of rotatable bonds is 4. The first-order valence-electron chi connectivity index (χ1n) is 9.87. The van der Waals surface area contributed by atoms with Crippen molar-refractivity contribution in [2.24, 2.45) is 0 Å². The van der Waals surface area contributed by atoms with Gasteiger partial charge in [0.15, 0.2) is 0 Å². The fourth-order valence-corrected chi connectivity index (χ4v) is 3.63. The number of likely N-dealkylation sites (tertiary alicyclic amines) is 1. The Morgan fingerprint density at radius 2 is 1.90 bits per heavy atom. The summed E-state index contributed by atoms with van der Waals surface area (Å²) in [6.45, 7) is 5.21. The normalized spacial score (nSPS) is 14.8. The summed E-state index contributed by atoms with van der Waals surface area (Å²) in [4.78, 5) is 23.9. The number of fused-ring (bicyclic) bond motifs is 1. The van der Waals surface area contributed by atoms with Gasteiger partial charge in [-0.1, -0.05) is 6.07 Å². The number of hydrogen-bond acceptors (Lipinski definition) is 5. The van der Waals surface area contributed by atoms with E-state index in [9.17, 15) is 4.79 Å². The van der Waals surface area contributed by atoms with E-state index < -0.39 is 0 Å². The number of carbonyl (C=O) groups excluding carboxylic acids is 1. The molecule has 0 saturated carbocycles. The maximum Gasteiger partial charge on any atom is 0.255 e. The van der Waals surface area contributed by atoms with Gasteiger partial charge >= 0.3 is 0 Å². The Bertz CT molecular complexity index is 1030. The number of methoxy groups -OCH3 is 1. The highest BCUT2D eigenvalue weighted by molar-refractivity contribution is 5.98. The second kappa shape index (κ2) is 8.07. The van der Waals surface area contributed by atoms with Crippen LogP contribution in [-0.2, 0) is 0 Å². The number of ether oxygens (including phenoxy) is 2. The molecule has 0 atom stereocenters. The number of amides is 1. The van der Waals surface area contributed by atoms with Gasteiger partial charge in [-0.05, 0) is 37.6 Å². The summed E-state index contributed by atoms with van der Waals surface area (Å²) in [7, 11) is 1.63. The van der Waals surface area contributed by atoms with E-state index in [4.69, 9.17) is 9.47 Å². The predicted molar refractivity (Wildman–Crippen MR) is 112 cm³/mol. The van der Waals surface area contributed by atoms with Crippen molar-refractivity contribution in [1.29, 1.82) is 0 Å². The Kier molecular flexibility index (Phi) is 5.34. The molecule has 1 fully saturated rings. The first-order valence-corrected chi connectivity index (χ1v) is 9.87. The van der Waals surface area contributed by atoms with Crippen LogP contribution in [0.2, 0.25) is 0 Å². The summed E-state index contributed by atoms with van der Waals surface area (Å²) in [5, 5.41) is 0.934. The van der Waals surface area contributed by atoms with E-state index in [1.165, 1.54) is 0 Å². The van der Waals surface area contributed by atoms with Gasteiger partial charge in [-0.15, -0.1) is 0 Å². The van der Waals surface area contributed by atoms with E-state index in [1.807, 2.05) is 55.1 Å². The van der Waals surface area contributed by atoms with Crippen molar-refractivity contribution >= 4 is 16.8 Å². The van der Waals surface area contributed by atoms with Crippen LogP contribution in [0.4, 0.5) is 0 Å². The number of piperidine rings is 1. The molecule has 6 heteroatoms. The molecule has 6 nitrogen and oxygen atoms in total. The van der Waals surface area contributed by atoms with Gasteiger partial charge in [-0.2, -0.15) is 0 Å². The van der Waals surface area contributed by atoms with Crippen molar-refractivity contribution in [3.8, 4) is 11.6 Å². The van der Waals surface area contributed by atoms with Crippen molar-refractivity contribution in [3.63, 3.8) is 0 Å². The first-order chi connectivity index (χ1) is 14.0. The number of benzene rings is 1. The molecule has 1 saturated heterocycles. The summed E-state index contributed by atoms with van der Waals surface area (Å²) >= 11 is 0. The molecule has 0 aliphatic carbocycles. The molecule has 4 rings (SSSR count). The highest BCUT2D eigenvalue weighted by atomic mass is 16.5. The number of carbonyl (C=O) groups is 1. The van der Waals surface area contributed by atoms with Crippen LogP contribution >= 0.6 is 0 Å². The molecule has 29 heavy (non-hydrogen) atoms. The molecule has 0 N–H and O–H groups in total. The quantitative estimate of drug-likeness (QED) is 0.674. The van der Waals surface area contributed by atoms with Gasteiger partial charge in [-0.3, -0.25) is 9.78 Å². The molecule has 1 aromatic carbocycles. The lowest BCUT2D eigenvalue weighted by Crippen LogP contribution is -2.42. The molecule has 150 valence electrons. The molecule has 0 spiro atoms. The maximum atomic E-state index is 13.1. The van der Waals surface area contributed by atoms with E-state index >= 15 is 0 Å². The van der Waals surface area contributed by atoms with Crippen LogP contribution in [0.25, 0.3) is 10.9 Å². The fourth-order valence-electron chi connectivity index (χ4n) is 3.63. The van der Waals surface area contributed by atoms with Crippen molar-refractivity contribution < 1.29 is 14.3 Å². The third kappa shape index (κ3) is 4.16. The summed E-state index contributed by atoms with van der Waals surface area (Å²) in [5.74, 6) is 1.43. The standard InChI is InChI=1S/C23H25N3O3/c1-15-4-7-22(24-14-15)29-18-8-10-26(11-9-18)23(27)20-12-17-5-6-19(28-3)13-21(17)25-16(20)2/h4-7,12-14,18H,8-11H2,1-3H3. The van der Waals surface area contributed by atoms with Crippen molar-refractivity contribution in [1.82, 2.24) is 14.9 Å². The van der Waals surface area contributed by atoms with Gasteiger partial charge in [0.2, 0.25) is 5.88 Å². The Balaban J connectivity index is 1.44. The Labute approximate surface area is 170 Å². The minimum absolute atomic E-state index is 0.0274. The van der Waals surface area contributed by atoms with Crippen LogP contribution in [0, 0.1) is 13.8 Å². The van der Waals surface area contributed by atoms with E-state index in [-0.39, 0.29) is 12.0 Å². The van der Waals surface area contributed by atoms with Gasteiger partial charge in [0.25, 0.3) is 5.91 Å². The Hall–Kier alpha value is -3.15. The lowest BCUT2D eigenvalue weighted by molar-refractivity contribution is 0.0587. The van der Waals surface area contributed by atoms with Crippen LogP contribution in [0.1, 0.15) is 34.5 Å². The van der Waals surface area contributed by atoms with Gasteiger partial charge in [0.05, 0.1) is 23.9 Å². The minimum atomic E-state index is 0.0274. The van der Waals surface area contributed by atoms with Gasteiger partial charge in [-0.25, -0.2) is 4.98 Å². The molecule has 1 amide bonds.